The van der Waals surface area contributed by atoms with Gasteiger partial charge in [-0.1, -0.05) is 42.5 Å². The second kappa shape index (κ2) is 10.9. The molecule has 2 aliphatic heterocycles. The van der Waals surface area contributed by atoms with Crippen LogP contribution in [0.3, 0.4) is 0 Å². The maximum absolute atomic E-state index is 12.3. The molecule has 2 N–H and O–H groups in total. The fourth-order valence-electron chi connectivity index (χ4n) is 4.18. The van der Waals surface area contributed by atoms with Crippen molar-refractivity contribution in [3.8, 4) is 5.75 Å². The fraction of sp³-hybridized carbons (Fsp3) is 0.346. The number of piperidine rings is 1. The second-order valence-corrected chi connectivity index (χ2v) is 8.38. The molecule has 0 aliphatic carbocycles. The second-order valence-electron chi connectivity index (χ2n) is 8.38. The van der Waals surface area contributed by atoms with Crippen LogP contribution in [0.2, 0.25) is 0 Å². The standard InChI is InChI=1S/C26H31N3O3/c30-24-9-4-8-22(19-24)25-20-29(16-17-32-25)13-5-12-28-14-10-23(11-15-28)27-26(31)18-21-6-2-1-3-7-21/h1-4,6-9,16-17,19-20,23,30H,5,10-15,18H2,(H,27,31). The van der Waals surface area contributed by atoms with Crippen molar-refractivity contribution >= 4 is 11.7 Å². The average Bonchev–Trinajstić information content (AvgIpc) is 2.81. The van der Waals surface area contributed by atoms with Crippen molar-refractivity contribution in [2.75, 3.05) is 26.2 Å². The molecule has 0 saturated carbocycles. The Balaban J connectivity index is 1.16. The van der Waals surface area contributed by atoms with Crippen molar-refractivity contribution in [3.05, 3.63) is 84.4 Å². The van der Waals surface area contributed by atoms with Gasteiger partial charge in [0.15, 0.2) is 0 Å². The Labute approximate surface area is 189 Å². The molecule has 0 spiro atoms. The summed E-state index contributed by atoms with van der Waals surface area (Å²) in [4.78, 5) is 16.9. The summed E-state index contributed by atoms with van der Waals surface area (Å²) < 4.78 is 5.61. The summed E-state index contributed by atoms with van der Waals surface area (Å²) in [6.45, 7) is 3.96. The molecule has 2 aromatic rings. The number of aromatic hydroxyl groups is 1. The summed E-state index contributed by atoms with van der Waals surface area (Å²) in [6.07, 6.45) is 9.08. The van der Waals surface area contributed by atoms with E-state index in [4.69, 9.17) is 4.74 Å². The molecule has 0 bridgehead atoms. The van der Waals surface area contributed by atoms with Gasteiger partial charge >= 0.3 is 0 Å². The molecule has 32 heavy (non-hydrogen) atoms. The number of ether oxygens (including phenoxy) is 1. The highest BCUT2D eigenvalue weighted by molar-refractivity contribution is 5.78. The van der Waals surface area contributed by atoms with E-state index in [0.29, 0.717) is 6.42 Å². The number of amides is 1. The first-order valence-electron chi connectivity index (χ1n) is 11.3. The van der Waals surface area contributed by atoms with Crippen LogP contribution in [0.15, 0.2) is 73.3 Å². The molecule has 6 heteroatoms. The largest absolute Gasteiger partial charge is 0.508 e. The molecule has 168 valence electrons. The highest BCUT2D eigenvalue weighted by atomic mass is 16.5. The monoisotopic (exact) mass is 433 g/mol. The number of carbonyl (C=O) groups is 1. The molecule has 0 aromatic heterocycles. The molecule has 6 nitrogen and oxygen atoms in total. The lowest BCUT2D eigenvalue weighted by Gasteiger charge is -2.32. The zero-order valence-electron chi connectivity index (χ0n) is 18.3. The number of hydrogen-bond acceptors (Lipinski definition) is 5. The molecule has 2 aromatic carbocycles. The lowest BCUT2D eigenvalue weighted by atomic mass is 10.0. The highest BCUT2D eigenvalue weighted by Crippen LogP contribution is 2.23. The Morgan fingerprint density at radius 2 is 1.88 bits per heavy atom. The van der Waals surface area contributed by atoms with E-state index in [1.165, 1.54) is 0 Å². The summed E-state index contributed by atoms with van der Waals surface area (Å²) in [7, 11) is 0. The topological polar surface area (TPSA) is 65.0 Å². The van der Waals surface area contributed by atoms with Crippen molar-refractivity contribution < 1.29 is 14.6 Å². The zero-order valence-corrected chi connectivity index (χ0v) is 18.3. The number of likely N-dealkylation sites (tertiary alicyclic amines) is 1. The van der Waals surface area contributed by atoms with E-state index in [-0.39, 0.29) is 17.7 Å². The van der Waals surface area contributed by atoms with E-state index in [1.54, 1.807) is 18.4 Å². The molecule has 0 unspecified atom stereocenters. The van der Waals surface area contributed by atoms with Gasteiger partial charge in [0.2, 0.25) is 5.91 Å². The summed E-state index contributed by atoms with van der Waals surface area (Å²) in [5.74, 6) is 1.08. The van der Waals surface area contributed by atoms with Crippen LogP contribution in [0.5, 0.6) is 5.75 Å². The Kier molecular flexibility index (Phi) is 7.46. The maximum atomic E-state index is 12.3. The van der Waals surface area contributed by atoms with E-state index < -0.39 is 0 Å². The van der Waals surface area contributed by atoms with Gasteiger partial charge in [-0.3, -0.25) is 4.79 Å². The summed E-state index contributed by atoms with van der Waals surface area (Å²) >= 11 is 0. The van der Waals surface area contributed by atoms with Crippen LogP contribution in [0.4, 0.5) is 0 Å². The first kappa shape index (κ1) is 22.0. The van der Waals surface area contributed by atoms with Crippen LogP contribution >= 0.6 is 0 Å². The zero-order chi connectivity index (χ0) is 22.2. The Morgan fingerprint density at radius 1 is 1.06 bits per heavy atom. The quantitative estimate of drug-likeness (QED) is 0.665. The summed E-state index contributed by atoms with van der Waals surface area (Å²) in [5, 5.41) is 12.9. The molecule has 0 atom stereocenters. The van der Waals surface area contributed by atoms with Gasteiger partial charge in [-0.25, -0.2) is 0 Å². The predicted molar refractivity (Wildman–Crippen MR) is 125 cm³/mol. The number of hydrogen-bond donors (Lipinski definition) is 2. The summed E-state index contributed by atoms with van der Waals surface area (Å²) in [5.41, 5.74) is 1.91. The van der Waals surface area contributed by atoms with Gasteiger partial charge in [-0.2, -0.15) is 0 Å². The van der Waals surface area contributed by atoms with Crippen LogP contribution < -0.4 is 5.32 Å². The maximum Gasteiger partial charge on any atom is 0.224 e. The SMILES string of the molecule is O=C(Cc1ccccc1)NC1CCN(CCCN2C=COC(c3cccc(O)c3)=C2)CC1. The molecule has 1 amide bonds. The first-order valence-corrected chi connectivity index (χ1v) is 11.3. The third-order valence-electron chi connectivity index (χ3n) is 5.91. The molecule has 1 fully saturated rings. The third-order valence-corrected chi connectivity index (χ3v) is 5.91. The van der Waals surface area contributed by atoms with Gasteiger partial charge in [0.1, 0.15) is 17.8 Å². The predicted octanol–water partition coefficient (Wildman–Crippen LogP) is 3.71. The van der Waals surface area contributed by atoms with Gasteiger partial charge in [0.25, 0.3) is 0 Å². The van der Waals surface area contributed by atoms with Crippen molar-refractivity contribution in [3.63, 3.8) is 0 Å². The van der Waals surface area contributed by atoms with Gasteiger partial charge in [0.05, 0.1) is 6.42 Å². The van der Waals surface area contributed by atoms with Crippen LogP contribution in [-0.4, -0.2) is 53.0 Å². The number of carbonyl (C=O) groups excluding carboxylic acids is 1. The van der Waals surface area contributed by atoms with Crippen molar-refractivity contribution in [1.29, 1.82) is 0 Å². The molecular formula is C26H31N3O3. The van der Waals surface area contributed by atoms with E-state index in [1.807, 2.05) is 54.9 Å². The molecule has 2 heterocycles. The van der Waals surface area contributed by atoms with Crippen LogP contribution in [0.1, 0.15) is 30.4 Å². The van der Waals surface area contributed by atoms with Crippen molar-refractivity contribution in [2.45, 2.75) is 31.7 Å². The minimum absolute atomic E-state index is 0.114. The fourth-order valence-corrected chi connectivity index (χ4v) is 4.18. The van der Waals surface area contributed by atoms with Crippen LogP contribution in [0.25, 0.3) is 5.76 Å². The lowest BCUT2D eigenvalue weighted by Crippen LogP contribution is -2.45. The molecule has 4 rings (SSSR count). The molecule has 2 aliphatic rings. The van der Waals surface area contributed by atoms with Gasteiger partial charge in [-0.05, 0) is 43.5 Å². The Bertz CT molecular complexity index is 950. The van der Waals surface area contributed by atoms with E-state index >= 15 is 0 Å². The van der Waals surface area contributed by atoms with E-state index in [2.05, 4.69) is 15.1 Å². The van der Waals surface area contributed by atoms with E-state index in [0.717, 1.165) is 62.3 Å². The minimum Gasteiger partial charge on any atom is -0.508 e. The smallest absolute Gasteiger partial charge is 0.224 e. The third kappa shape index (κ3) is 6.37. The Morgan fingerprint density at radius 3 is 2.66 bits per heavy atom. The normalized spacial score (nSPS) is 17.0. The number of nitrogens with zero attached hydrogens (tertiary/aromatic N) is 2. The van der Waals surface area contributed by atoms with Gasteiger partial charge in [-0.15, -0.1) is 0 Å². The number of benzene rings is 2. The number of rotatable bonds is 8. The number of nitrogens with one attached hydrogen (secondary N) is 1. The van der Waals surface area contributed by atoms with Gasteiger partial charge in [0, 0.05) is 43.6 Å². The van der Waals surface area contributed by atoms with E-state index in [9.17, 15) is 9.90 Å². The lowest BCUT2D eigenvalue weighted by molar-refractivity contribution is -0.121. The molecule has 1 saturated heterocycles. The molecule has 0 radical (unpaired) electrons. The number of phenolic OH excluding ortho intramolecular Hbond substituents is 1. The van der Waals surface area contributed by atoms with Crippen molar-refractivity contribution in [1.82, 2.24) is 15.1 Å². The number of phenols is 1. The highest BCUT2D eigenvalue weighted by Gasteiger charge is 2.20. The minimum atomic E-state index is 0.114. The first-order chi connectivity index (χ1) is 15.7. The molecular weight excluding hydrogens is 402 g/mol. The van der Waals surface area contributed by atoms with Crippen LogP contribution in [0, 0.1) is 0 Å². The van der Waals surface area contributed by atoms with Gasteiger partial charge < -0.3 is 25.0 Å². The summed E-state index contributed by atoms with van der Waals surface area (Å²) in [6, 6.07) is 17.3. The van der Waals surface area contributed by atoms with Crippen LogP contribution in [-0.2, 0) is 16.0 Å². The Hall–Kier alpha value is -3.25. The average molecular weight is 434 g/mol. The van der Waals surface area contributed by atoms with Crippen molar-refractivity contribution in [2.24, 2.45) is 0 Å².